The highest BCUT2D eigenvalue weighted by Gasteiger charge is 2.37. The van der Waals surface area contributed by atoms with Crippen LogP contribution in [-0.4, -0.2) is 43.7 Å². The van der Waals surface area contributed by atoms with Gasteiger partial charge >= 0.3 is 5.97 Å². The maximum Gasteiger partial charge on any atom is 0.314 e. The molecule has 1 saturated carbocycles. The van der Waals surface area contributed by atoms with Gasteiger partial charge in [-0.2, -0.15) is 0 Å². The molecule has 3 rings (SSSR count). The Hall–Kier alpha value is -0.870. The lowest BCUT2D eigenvalue weighted by Crippen LogP contribution is -3.00. The highest BCUT2D eigenvalue weighted by Crippen LogP contribution is 2.37. The summed E-state index contributed by atoms with van der Waals surface area (Å²) >= 11 is 0. The molecule has 1 saturated heterocycles. The lowest BCUT2D eigenvalue weighted by Gasteiger charge is -2.30. The monoisotopic (exact) mass is 395 g/mol. The van der Waals surface area contributed by atoms with Crippen molar-refractivity contribution in [1.29, 1.82) is 0 Å². The molecular weight excluding hydrogens is 366 g/mol. The maximum absolute atomic E-state index is 13.0. The van der Waals surface area contributed by atoms with Crippen LogP contribution in [-0.2, 0) is 9.53 Å². The first-order valence-electron chi connectivity index (χ1n) is 9.13. The largest absolute Gasteiger partial charge is 1.00 e. The summed E-state index contributed by atoms with van der Waals surface area (Å²) in [7, 11) is 4.42. The Morgan fingerprint density at radius 3 is 2.33 bits per heavy atom. The van der Waals surface area contributed by atoms with Crippen molar-refractivity contribution in [1.82, 2.24) is 0 Å². The Bertz CT molecular complexity index is 526. The molecule has 1 aliphatic heterocycles. The van der Waals surface area contributed by atoms with Crippen LogP contribution in [0, 0.1) is 5.92 Å². The van der Waals surface area contributed by atoms with Crippen molar-refractivity contribution in [2.45, 2.75) is 50.5 Å². The fourth-order valence-corrected chi connectivity index (χ4v) is 4.29. The van der Waals surface area contributed by atoms with Crippen LogP contribution in [0.5, 0.6) is 0 Å². The molecule has 0 N–H and O–H groups in total. The van der Waals surface area contributed by atoms with E-state index in [1.807, 2.05) is 18.2 Å². The fraction of sp³-hybridized carbons (Fsp3) is 0.650. The molecule has 1 aromatic carbocycles. The Kier molecular flexibility index (Phi) is 6.88. The lowest BCUT2D eigenvalue weighted by atomic mass is 9.77. The standard InChI is InChI=1S/C20H30NO2.BrH/c1-21(2)14-13-18(15-21)23-20(22)19(16-9-5-3-6-10-16)17-11-7-4-8-12-17;/h3,5-6,9-10,17-19H,4,7-8,11-15H2,1-2H3;1H/q+1;/p-1. The minimum absolute atomic E-state index is 0. The zero-order chi connectivity index (χ0) is 16.3. The molecule has 134 valence electrons. The van der Waals surface area contributed by atoms with Crippen molar-refractivity contribution in [2.24, 2.45) is 5.92 Å². The van der Waals surface area contributed by atoms with Crippen LogP contribution in [0.25, 0.3) is 0 Å². The first kappa shape index (κ1) is 19.5. The minimum Gasteiger partial charge on any atom is -1.00 e. The van der Waals surface area contributed by atoms with E-state index < -0.39 is 0 Å². The number of quaternary nitrogens is 1. The third-order valence-electron chi connectivity index (χ3n) is 5.57. The number of benzene rings is 1. The molecule has 1 aliphatic carbocycles. The molecule has 0 radical (unpaired) electrons. The number of carbonyl (C=O) groups excluding carboxylic acids is 1. The van der Waals surface area contributed by atoms with Crippen molar-refractivity contribution in [2.75, 3.05) is 27.2 Å². The molecule has 0 aromatic heterocycles. The molecule has 0 bridgehead atoms. The Morgan fingerprint density at radius 1 is 1.08 bits per heavy atom. The molecule has 2 aliphatic rings. The number of halogens is 1. The zero-order valence-corrected chi connectivity index (χ0v) is 16.5. The summed E-state index contributed by atoms with van der Waals surface area (Å²) in [5.74, 6) is 0.380. The number of nitrogens with zero attached hydrogens (tertiary/aromatic N) is 1. The third kappa shape index (κ3) is 4.82. The first-order valence-corrected chi connectivity index (χ1v) is 9.13. The van der Waals surface area contributed by atoms with Gasteiger partial charge in [0.05, 0.1) is 26.6 Å². The first-order chi connectivity index (χ1) is 11.1. The highest BCUT2D eigenvalue weighted by molar-refractivity contribution is 5.78. The SMILES string of the molecule is C[N+]1(C)CCC(OC(=O)C(c2ccccc2)C2CCCCC2)C1.[Br-]. The topological polar surface area (TPSA) is 26.3 Å². The Balaban J connectivity index is 0.00000208. The van der Waals surface area contributed by atoms with Gasteiger partial charge in [-0.25, -0.2) is 0 Å². The predicted molar refractivity (Wildman–Crippen MR) is 92.1 cm³/mol. The van der Waals surface area contributed by atoms with Crippen molar-refractivity contribution in [3.63, 3.8) is 0 Å². The second kappa shape index (κ2) is 8.48. The predicted octanol–water partition coefficient (Wildman–Crippen LogP) is 0.746. The van der Waals surface area contributed by atoms with Gasteiger partial charge in [-0.1, -0.05) is 49.6 Å². The van der Waals surface area contributed by atoms with Crippen LogP contribution < -0.4 is 17.0 Å². The molecule has 1 aromatic rings. The van der Waals surface area contributed by atoms with Crippen LogP contribution in [0.3, 0.4) is 0 Å². The summed E-state index contributed by atoms with van der Waals surface area (Å²) < 4.78 is 6.92. The van der Waals surface area contributed by atoms with Gasteiger partial charge in [-0.15, -0.1) is 0 Å². The molecule has 0 spiro atoms. The molecule has 4 heteroatoms. The van der Waals surface area contributed by atoms with Gasteiger partial charge in [-0.3, -0.25) is 4.79 Å². The number of ether oxygens (including phenoxy) is 1. The summed E-state index contributed by atoms with van der Waals surface area (Å²) in [4.78, 5) is 13.0. The lowest BCUT2D eigenvalue weighted by molar-refractivity contribution is -0.879. The smallest absolute Gasteiger partial charge is 0.314 e. The number of hydrogen-bond donors (Lipinski definition) is 0. The second-order valence-electron chi connectivity index (χ2n) is 7.98. The number of likely N-dealkylation sites (N-methyl/N-ethyl adjacent to an activating group) is 1. The van der Waals surface area contributed by atoms with Crippen molar-refractivity contribution in [3.05, 3.63) is 35.9 Å². The average molecular weight is 396 g/mol. The summed E-state index contributed by atoms with van der Waals surface area (Å²) in [5, 5.41) is 0. The van der Waals surface area contributed by atoms with Crippen LogP contribution in [0.4, 0.5) is 0 Å². The Labute approximate surface area is 156 Å². The Morgan fingerprint density at radius 2 is 1.75 bits per heavy atom. The molecule has 1 heterocycles. The van der Waals surface area contributed by atoms with E-state index in [1.54, 1.807) is 0 Å². The van der Waals surface area contributed by atoms with E-state index in [-0.39, 0.29) is 35.0 Å². The van der Waals surface area contributed by atoms with Crippen molar-refractivity contribution < 1.29 is 31.0 Å². The van der Waals surface area contributed by atoms with E-state index in [0.717, 1.165) is 42.4 Å². The maximum atomic E-state index is 13.0. The van der Waals surface area contributed by atoms with Gasteiger partial charge in [0.15, 0.2) is 6.10 Å². The van der Waals surface area contributed by atoms with E-state index >= 15 is 0 Å². The molecular formula is C20H30BrNO2. The number of likely N-dealkylation sites (tertiary alicyclic amines) is 1. The minimum atomic E-state index is -0.0762. The van der Waals surface area contributed by atoms with Crippen molar-refractivity contribution >= 4 is 5.97 Å². The van der Waals surface area contributed by atoms with Gasteiger partial charge in [0.2, 0.25) is 0 Å². The average Bonchev–Trinajstić information content (AvgIpc) is 2.88. The number of hydrogen-bond acceptors (Lipinski definition) is 2. The molecule has 0 amide bonds. The van der Waals surface area contributed by atoms with Crippen molar-refractivity contribution in [3.8, 4) is 0 Å². The molecule has 3 nitrogen and oxygen atoms in total. The van der Waals surface area contributed by atoms with Gasteiger partial charge in [-0.05, 0) is 24.3 Å². The summed E-state index contributed by atoms with van der Waals surface area (Å²) in [6.07, 6.45) is 7.18. The van der Waals surface area contributed by atoms with Gasteiger partial charge in [0, 0.05) is 6.42 Å². The van der Waals surface area contributed by atoms with E-state index in [1.165, 1.54) is 19.3 Å². The summed E-state index contributed by atoms with van der Waals surface area (Å²) in [5.41, 5.74) is 1.14. The van der Waals surface area contributed by atoms with Crippen LogP contribution in [0.2, 0.25) is 0 Å². The number of esters is 1. The summed E-state index contributed by atoms with van der Waals surface area (Å²) in [6, 6.07) is 10.3. The van der Waals surface area contributed by atoms with Crippen LogP contribution in [0.1, 0.15) is 50.0 Å². The number of rotatable bonds is 4. The molecule has 2 atom stereocenters. The van der Waals surface area contributed by atoms with Gasteiger partial charge in [0.25, 0.3) is 0 Å². The molecule has 24 heavy (non-hydrogen) atoms. The molecule has 2 unspecified atom stereocenters. The van der Waals surface area contributed by atoms with E-state index in [2.05, 4.69) is 26.2 Å². The van der Waals surface area contributed by atoms with Gasteiger partial charge in [0.1, 0.15) is 6.54 Å². The van der Waals surface area contributed by atoms with E-state index in [4.69, 9.17) is 4.74 Å². The molecule has 2 fully saturated rings. The van der Waals surface area contributed by atoms with Crippen LogP contribution >= 0.6 is 0 Å². The quantitative estimate of drug-likeness (QED) is 0.555. The fourth-order valence-electron chi connectivity index (χ4n) is 4.29. The highest BCUT2D eigenvalue weighted by atomic mass is 79.9. The van der Waals surface area contributed by atoms with E-state index in [0.29, 0.717) is 5.92 Å². The van der Waals surface area contributed by atoms with Gasteiger partial charge < -0.3 is 26.2 Å². The number of carbonyl (C=O) groups is 1. The normalized spacial score (nSPS) is 24.8. The van der Waals surface area contributed by atoms with Crippen LogP contribution in [0.15, 0.2) is 30.3 Å². The summed E-state index contributed by atoms with van der Waals surface area (Å²) in [6.45, 7) is 2.04. The third-order valence-corrected chi connectivity index (χ3v) is 5.57. The van der Waals surface area contributed by atoms with E-state index in [9.17, 15) is 4.79 Å². The second-order valence-corrected chi connectivity index (χ2v) is 7.98. The zero-order valence-electron chi connectivity index (χ0n) is 14.9.